The van der Waals surface area contributed by atoms with Crippen molar-refractivity contribution in [3.05, 3.63) is 24.0 Å². The molecular weight excluding hydrogens is 238 g/mol. The molecular formula is C15H25N3O. The SMILES string of the molecule is CCCNc1ccncc1C(=O)NCCCC(C)C. The van der Waals surface area contributed by atoms with E-state index in [4.69, 9.17) is 0 Å². The van der Waals surface area contributed by atoms with Crippen LogP contribution in [0.1, 0.15) is 50.4 Å². The Balaban J connectivity index is 2.51. The van der Waals surface area contributed by atoms with Gasteiger partial charge in [0.1, 0.15) is 0 Å². The summed E-state index contributed by atoms with van der Waals surface area (Å²) in [6.07, 6.45) is 6.50. The van der Waals surface area contributed by atoms with E-state index in [1.54, 1.807) is 12.4 Å². The molecule has 0 aliphatic heterocycles. The molecule has 0 saturated heterocycles. The molecule has 0 atom stereocenters. The topological polar surface area (TPSA) is 54.0 Å². The van der Waals surface area contributed by atoms with Crippen molar-refractivity contribution in [3.8, 4) is 0 Å². The van der Waals surface area contributed by atoms with Gasteiger partial charge in [0.2, 0.25) is 0 Å². The molecule has 0 unspecified atom stereocenters. The summed E-state index contributed by atoms with van der Waals surface area (Å²) in [4.78, 5) is 16.1. The maximum Gasteiger partial charge on any atom is 0.254 e. The summed E-state index contributed by atoms with van der Waals surface area (Å²) in [5, 5.41) is 6.20. The van der Waals surface area contributed by atoms with E-state index in [9.17, 15) is 4.79 Å². The van der Waals surface area contributed by atoms with Crippen LogP contribution in [0.15, 0.2) is 18.5 Å². The van der Waals surface area contributed by atoms with Crippen LogP contribution < -0.4 is 10.6 Å². The van der Waals surface area contributed by atoms with Crippen molar-refractivity contribution in [1.29, 1.82) is 0 Å². The average molecular weight is 263 g/mol. The number of hydrogen-bond donors (Lipinski definition) is 2. The second-order valence-corrected chi connectivity index (χ2v) is 5.14. The predicted molar refractivity (Wildman–Crippen MR) is 79.4 cm³/mol. The lowest BCUT2D eigenvalue weighted by Crippen LogP contribution is -2.26. The highest BCUT2D eigenvalue weighted by Crippen LogP contribution is 2.13. The van der Waals surface area contributed by atoms with Crippen LogP contribution in [-0.4, -0.2) is 24.0 Å². The third kappa shape index (κ3) is 5.73. The molecule has 4 heteroatoms. The molecule has 0 aliphatic carbocycles. The zero-order valence-corrected chi connectivity index (χ0v) is 12.2. The van der Waals surface area contributed by atoms with Gasteiger partial charge in [0.25, 0.3) is 5.91 Å². The summed E-state index contributed by atoms with van der Waals surface area (Å²) in [5.74, 6) is 0.632. The minimum absolute atomic E-state index is 0.0459. The normalized spacial score (nSPS) is 10.5. The Labute approximate surface area is 116 Å². The molecule has 2 N–H and O–H groups in total. The van der Waals surface area contributed by atoms with E-state index in [-0.39, 0.29) is 5.91 Å². The molecule has 0 spiro atoms. The fourth-order valence-electron chi connectivity index (χ4n) is 1.80. The van der Waals surface area contributed by atoms with E-state index in [2.05, 4.69) is 36.4 Å². The quantitative estimate of drug-likeness (QED) is 0.709. The first-order chi connectivity index (χ1) is 9.15. The van der Waals surface area contributed by atoms with Crippen LogP contribution in [0, 0.1) is 5.92 Å². The lowest BCUT2D eigenvalue weighted by atomic mass is 10.1. The van der Waals surface area contributed by atoms with E-state index in [0.29, 0.717) is 11.5 Å². The minimum Gasteiger partial charge on any atom is -0.384 e. The fraction of sp³-hybridized carbons (Fsp3) is 0.600. The second kappa shape index (κ2) is 8.51. The molecule has 0 saturated carbocycles. The van der Waals surface area contributed by atoms with Crippen molar-refractivity contribution in [2.24, 2.45) is 5.92 Å². The Morgan fingerprint density at radius 3 is 2.84 bits per heavy atom. The van der Waals surface area contributed by atoms with Gasteiger partial charge in [0, 0.05) is 25.5 Å². The van der Waals surface area contributed by atoms with Crippen molar-refractivity contribution in [1.82, 2.24) is 10.3 Å². The monoisotopic (exact) mass is 263 g/mol. The number of rotatable bonds is 8. The van der Waals surface area contributed by atoms with Gasteiger partial charge in [-0.05, 0) is 31.2 Å². The molecule has 0 fully saturated rings. The summed E-state index contributed by atoms with van der Waals surface area (Å²) < 4.78 is 0. The molecule has 0 bridgehead atoms. The van der Waals surface area contributed by atoms with Gasteiger partial charge < -0.3 is 10.6 Å². The molecule has 1 rings (SSSR count). The number of nitrogens with zero attached hydrogens (tertiary/aromatic N) is 1. The molecule has 0 aromatic carbocycles. The molecule has 1 aromatic rings. The van der Waals surface area contributed by atoms with Crippen LogP contribution >= 0.6 is 0 Å². The van der Waals surface area contributed by atoms with Gasteiger partial charge in [-0.15, -0.1) is 0 Å². The van der Waals surface area contributed by atoms with Crippen LogP contribution in [0.4, 0.5) is 5.69 Å². The number of nitrogens with one attached hydrogen (secondary N) is 2. The Morgan fingerprint density at radius 1 is 1.37 bits per heavy atom. The third-order valence-electron chi connectivity index (χ3n) is 2.87. The van der Waals surface area contributed by atoms with Gasteiger partial charge in [-0.25, -0.2) is 0 Å². The van der Waals surface area contributed by atoms with Crippen LogP contribution in [0.2, 0.25) is 0 Å². The summed E-state index contributed by atoms with van der Waals surface area (Å²) in [6, 6.07) is 1.85. The average Bonchev–Trinajstić information content (AvgIpc) is 2.41. The van der Waals surface area contributed by atoms with Crippen molar-refractivity contribution < 1.29 is 4.79 Å². The number of amides is 1. The van der Waals surface area contributed by atoms with Gasteiger partial charge in [0.05, 0.1) is 11.3 Å². The second-order valence-electron chi connectivity index (χ2n) is 5.14. The first kappa shape index (κ1) is 15.5. The van der Waals surface area contributed by atoms with Crippen molar-refractivity contribution in [2.75, 3.05) is 18.4 Å². The van der Waals surface area contributed by atoms with Gasteiger partial charge in [-0.3, -0.25) is 9.78 Å². The summed E-state index contributed by atoms with van der Waals surface area (Å²) in [5.41, 5.74) is 1.48. The summed E-state index contributed by atoms with van der Waals surface area (Å²) in [7, 11) is 0. The number of carbonyl (C=O) groups excluding carboxylic acids is 1. The lowest BCUT2D eigenvalue weighted by molar-refractivity contribution is 0.0953. The first-order valence-corrected chi connectivity index (χ1v) is 7.11. The predicted octanol–water partition coefficient (Wildman–Crippen LogP) is 3.07. The number of carbonyl (C=O) groups is 1. The Bertz CT molecular complexity index is 391. The van der Waals surface area contributed by atoms with Crippen LogP contribution in [0.25, 0.3) is 0 Å². The highest BCUT2D eigenvalue weighted by molar-refractivity contribution is 5.99. The van der Waals surface area contributed by atoms with Crippen LogP contribution in [0.3, 0.4) is 0 Å². The molecule has 0 radical (unpaired) electrons. The fourth-order valence-corrected chi connectivity index (χ4v) is 1.80. The summed E-state index contributed by atoms with van der Waals surface area (Å²) in [6.45, 7) is 8.06. The van der Waals surface area contributed by atoms with Gasteiger partial charge in [-0.1, -0.05) is 20.8 Å². The number of anilines is 1. The standard InChI is InChI=1S/C15H25N3O/c1-4-8-17-14-7-10-16-11-13(14)15(19)18-9-5-6-12(2)3/h7,10-12H,4-6,8-9H2,1-3H3,(H,16,17)(H,18,19). The Hall–Kier alpha value is -1.58. The van der Waals surface area contributed by atoms with Crippen molar-refractivity contribution in [2.45, 2.75) is 40.0 Å². The van der Waals surface area contributed by atoms with E-state index in [1.165, 1.54) is 0 Å². The first-order valence-electron chi connectivity index (χ1n) is 7.11. The smallest absolute Gasteiger partial charge is 0.254 e. The third-order valence-corrected chi connectivity index (χ3v) is 2.87. The van der Waals surface area contributed by atoms with Gasteiger partial charge in [-0.2, -0.15) is 0 Å². The maximum absolute atomic E-state index is 12.1. The van der Waals surface area contributed by atoms with Crippen molar-refractivity contribution in [3.63, 3.8) is 0 Å². The molecule has 0 aliphatic rings. The number of hydrogen-bond acceptors (Lipinski definition) is 3. The zero-order chi connectivity index (χ0) is 14.1. The van der Waals surface area contributed by atoms with Gasteiger partial charge in [0.15, 0.2) is 0 Å². The molecule has 106 valence electrons. The molecule has 19 heavy (non-hydrogen) atoms. The minimum atomic E-state index is -0.0459. The highest BCUT2D eigenvalue weighted by Gasteiger charge is 2.10. The van der Waals surface area contributed by atoms with E-state index in [1.807, 2.05) is 6.07 Å². The van der Waals surface area contributed by atoms with E-state index < -0.39 is 0 Å². The Kier molecular flexibility index (Phi) is 6.93. The van der Waals surface area contributed by atoms with Crippen LogP contribution in [0.5, 0.6) is 0 Å². The van der Waals surface area contributed by atoms with Crippen LogP contribution in [-0.2, 0) is 0 Å². The molecule has 1 amide bonds. The highest BCUT2D eigenvalue weighted by atomic mass is 16.1. The van der Waals surface area contributed by atoms with E-state index in [0.717, 1.165) is 38.0 Å². The molecule has 1 heterocycles. The molecule has 4 nitrogen and oxygen atoms in total. The number of pyridine rings is 1. The largest absolute Gasteiger partial charge is 0.384 e. The maximum atomic E-state index is 12.1. The van der Waals surface area contributed by atoms with Crippen molar-refractivity contribution >= 4 is 11.6 Å². The molecule has 1 aromatic heterocycles. The summed E-state index contributed by atoms with van der Waals surface area (Å²) >= 11 is 0. The zero-order valence-electron chi connectivity index (χ0n) is 12.2. The van der Waals surface area contributed by atoms with E-state index >= 15 is 0 Å². The number of aromatic nitrogens is 1. The Morgan fingerprint density at radius 2 is 2.16 bits per heavy atom. The van der Waals surface area contributed by atoms with Gasteiger partial charge >= 0.3 is 0 Å². The lowest BCUT2D eigenvalue weighted by Gasteiger charge is -2.11.